The van der Waals surface area contributed by atoms with Crippen molar-refractivity contribution >= 4 is 21.7 Å². The summed E-state index contributed by atoms with van der Waals surface area (Å²) in [6, 6.07) is 1.99. The van der Waals surface area contributed by atoms with E-state index in [0.29, 0.717) is 5.75 Å². The van der Waals surface area contributed by atoms with E-state index in [9.17, 15) is 20.0 Å². The number of methoxy groups -OCH3 is 1. The lowest BCUT2D eigenvalue weighted by Crippen LogP contribution is -2.13. The summed E-state index contributed by atoms with van der Waals surface area (Å²) in [5, 5.41) is 20.7. The monoisotopic (exact) mass is 317 g/mol. The molecule has 118 valence electrons. The Bertz CT molecular complexity index is 552. The molecule has 0 spiro atoms. The zero-order chi connectivity index (χ0) is 16.2. The van der Waals surface area contributed by atoms with Crippen molar-refractivity contribution in [1.29, 1.82) is 0 Å². The number of esters is 1. The van der Waals surface area contributed by atoms with Gasteiger partial charge in [0.15, 0.2) is 11.5 Å². The van der Waals surface area contributed by atoms with E-state index in [1.807, 2.05) is 0 Å². The predicted octanol–water partition coefficient (Wildman–Crippen LogP) is 2.16. The second-order valence-corrected chi connectivity index (χ2v) is 9.82. The van der Waals surface area contributed by atoms with Crippen LogP contribution in [0.1, 0.15) is 10.4 Å². The Morgan fingerprint density at radius 2 is 2.00 bits per heavy atom. The molecule has 21 heavy (non-hydrogen) atoms. The first kappa shape index (κ1) is 17.1. The molecule has 0 bridgehead atoms. The summed E-state index contributed by atoms with van der Waals surface area (Å²) in [5.74, 6) is -0.550. The van der Waals surface area contributed by atoms with Crippen molar-refractivity contribution < 1.29 is 24.3 Å². The summed E-state index contributed by atoms with van der Waals surface area (Å²) >= 11 is 0. The molecule has 0 aromatic heterocycles. The Labute approximate surface area is 124 Å². The fourth-order valence-corrected chi connectivity index (χ4v) is 2.08. The van der Waals surface area contributed by atoms with Crippen LogP contribution in [0.3, 0.4) is 0 Å². The average molecular weight is 317 g/mol. The van der Waals surface area contributed by atoms with Gasteiger partial charge < -0.3 is 14.6 Å². The van der Waals surface area contributed by atoms with Crippen LogP contribution in [0.25, 0.3) is 0 Å². The summed E-state index contributed by atoms with van der Waals surface area (Å²) in [6.07, 6.45) is 6.22. The molecular weight excluding hydrogens is 298 g/mol. The number of carbonyl (C=O) groups excluding carboxylic acids is 1. The first-order valence-electron chi connectivity index (χ1n) is 6.04. The van der Waals surface area contributed by atoms with Crippen LogP contribution < -0.4 is 4.74 Å². The van der Waals surface area contributed by atoms with Crippen molar-refractivity contribution in [3.05, 3.63) is 27.8 Å². The lowest BCUT2D eigenvalue weighted by Gasteiger charge is -2.24. The van der Waals surface area contributed by atoms with E-state index in [-0.39, 0.29) is 23.7 Å². The summed E-state index contributed by atoms with van der Waals surface area (Å²) in [4.78, 5) is 22.2. The Balaban J connectivity index is 2.98. The molecular formula is C13H19NO6S. The van der Waals surface area contributed by atoms with Crippen molar-refractivity contribution in [3.8, 4) is 11.5 Å². The molecule has 0 fully saturated rings. The fraction of sp³-hybridized carbons (Fsp3) is 0.462. The normalized spacial score (nSPS) is 11.8. The number of phenols is 1. The Morgan fingerprint density at radius 1 is 1.38 bits per heavy atom. The first-order valence-corrected chi connectivity index (χ1v) is 9.07. The summed E-state index contributed by atoms with van der Waals surface area (Å²) < 4.78 is 9.84. The number of hydrogen-bond donors (Lipinski definition) is 1. The minimum Gasteiger partial charge on any atom is -0.504 e. The van der Waals surface area contributed by atoms with Crippen LogP contribution in [-0.2, 0) is 4.74 Å². The number of ether oxygens (including phenoxy) is 2. The van der Waals surface area contributed by atoms with Gasteiger partial charge in [-0.2, -0.15) is 0 Å². The minimum atomic E-state index is -0.830. The quantitative estimate of drug-likeness (QED) is 0.490. The van der Waals surface area contributed by atoms with Crippen LogP contribution in [0.2, 0.25) is 0 Å². The first-order chi connectivity index (χ1) is 9.65. The highest BCUT2D eigenvalue weighted by molar-refractivity contribution is 8.32. The lowest BCUT2D eigenvalue weighted by molar-refractivity contribution is -0.385. The smallest absolute Gasteiger partial charge is 0.345 e. The van der Waals surface area contributed by atoms with Gasteiger partial charge in [-0.25, -0.2) is 14.8 Å². The number of aromatic hydroxyl groups is 1. The number of nitro benzene ring substituents is 1. The summed E-state index contributed by atoms with van der Waals surface area (Å²) in [5.41, 5.74) is -0.750. The summed E-state index contributed by atoms with van der Waals surface area (Å²) in [6.45, 7) is 0.182. The van der Waals surface area contributed by atoms with E-state index in [4.69, 9.17) is 9.47 Å². The molecule has 1 aromatic carbocycles. The number of rotatable bonds is 6. The van der Waals surface area contributed by atoms with Crippen LogP contribution in [0.15, 0.2) is 12.1 Å². The molecule has 1 aromatic rings. The third-order valence-electron chi connectivity index (χ3n) is 2.64. The van der Waals surface area contributed by atoms with Gasteiger partial charge in [-0.05, 0) is 18.8 Å². The molecule has 0 saturated heterocycles. The van der Waals surface area contributed by atoms with Gasteiger partial charge in [-0.3, -0.25) is 10.1 Å². The van der Waals surface area contributed by atoms with Crippen molar-refractivity contribution in [2.45, 2.75) is 0 Å². The zero-order valence-electron chi connectivity index (χ0n) is 12.4. The third-order valence-corrected chi connectivity index (χ3v) is 4.03. The second kappa shape index (κ2) is 6.66. The van der Waals surface area contributed by atoms with Crippen LogP contribution in [-0.4, -0.2) is 54.2 Å². The number of hydrogen-bond acceptors (Lipinski definition) is 6. The second-order valence-electron chi connectivity index (χ2n) is 5.23. The van der Waals surface area contributed by atoms with Crippen molar-refractivity contribution in [1.82, 2.24) is 0 Å². The SMILES string of the molecule is COc1cc([N+](=O)[O-])c(C(=O)OCCS(C)(C)C)cc1O. The molecule has 7 nitrogen and oxygen atoms in total. The molecule has 0 radical (unpaired) electrons. The van der Waals surface area contributed by atoms with Crippen molar-refractivity contribution in [2.75, 3.05) is 38.2 Å². The fourth-order valence-electron chi connectivity index (χ4n) is 1.50. The van der Waals surface area contributed by atoms with E-state index in [2.05, 4.69) is 18.8 Å². The summed E-state index contributed by atoms with van der Waals surface area (Å²) in [7, 11) is 0.439. The van der Waals surface area contributed by atoms with Gasteiger partial charge in [0.1, 0.15) is 5.56 Å². The minimum absolute atomic E-state index is 0.0719. The molecule has 0 aliphatic rings. The molecule has 0 amide bonds. The van der Waals surface area contributed by atoms with E-state index in [1.165, 1.54) is 7.11 Å². The van der Waals surface area contributed by atoms with Crippen LogP contribution in [0, 0.1) is 10.1 Å². The Kier molecular flexibility index (Phi) is 5.42. The van der Waals surface area contributed by atoms with Gasteiger partial charge in [0.2, 0.25) is 0 Å². The number of nitrogens with zero attached hydrogens (tertiary/aromatic N) is 1. The number of phenolic OH excluding ortho intramolecular Hbond substituents is 1. The maximum Gasteiger partial charge on any atom is 0.345 e. The van der Waals surface area contributed by atoms with E-state index in [1.54, 1.807) is 0 Å². The topological polar surface area (TPSA) is 98.9 Å². The van der Waals surface area contributed by atoms with Gasteiger partial charge in [0, 0.05) is 11.8 Å². The molecule has 8 heteroatoms. The molecule has 1 rings (SSSR count). The number of nitro groups is 1. The highest BCUT2D eigenvalue weighted by Crippen LogP contribution is 2.35. The van der Waals surface area contributed by atoms with Crippen LogP contribution >= 0.6 is 10.0 Å². The molecule has 0 aliphatic heterocycles. The highest BCUT2D eigenvalue weighted by Gasteiger charge is 2.25. The van der Waals surface area contributed by atoms with Crippen molar-refractivity contribution in [2.24, 2.45) is 0 Å². The molecule has 0 unspecified atom stereocenters. The van der Waals surface area contributed by atoms with E-state index >= 15 is 0 Å². The average Bonchev–Trinajstić information content (AvgIpc) is 2.36. The van der Waals surface area contributed by atoms with E-state index < -0.39 is 26.6 Å². The van der Waals surface area contributed by atoms with Gasteiger partial charge in [-0.1, -0.05) is 0 Å². The van der Waals surface area contributed by atoms with Crippen LogP contribution in [0.5, 0.6) is 11.5 Å². The molecule has 0 atom stereocenters. The largest absolute Gasteiger partial charge is 0.504 e. The lowest BCUT2D eigenvalue weighted by atomic mass is 10.1. The standard InChI is InChI=1S/C13H19NO6S/c1-19-12-8-10(14(17)18)9(7-11(12)15)13(16)20-5-6-21(2,3)4/h7-8,15H,5-6H2,1-4H3. The molecule has 0 heterocycles. The Hall–Kier alpha value is -1.96. The predicted molar refractivity (Wildman–Crippen MR) is 81.8 cm³/mol. The molecule has 1 N–H and O–H groups in total. The van der Waals surface area contributed by atoms with Gasteiger partial charge in [0.05, 0.1) is 24.7 Å². The Morgan fingerprint density at radius 3 is 2.48 bits per heavy atom. The third kappa shape index (κ3) is 4.82. The van der Waals surface area contributed by atoms with Crippen molar-refractivity contribution in [3.63, 3.8) is 0 Å². The van der Waals surface area contributed by atoms with Gasteiger partial charge in [-0.15, -0.1) is 0 Å². The highest BCUT2D eigenvalue weighted by atomic mass is 32.3. The molecule has 0 aliphatic carbocycles. The maximum atomic E-state index is 11.9. The maximum absolute atomic E-state index is 11.9. The van der Waals surface area contributed by atoms with E-state index in [0.717, 1.165) is 12.1 Å². The number of carbonyl (C=O) groups is 1. The molecule has 0 saturated carbocycles. The van der Waals surface area contributed by atoms with Crippen LogP contribution in [0.4, 0.5) is 5.69 Å². The zero-order valence-corrected chi connectivity index (χ0v) is 13.2. The van der Waals surface area contributed by atoms with Gasteiger partial charge in [0.25, 0.3) is 5.69 Å². The number of benzene rings is 1. The van der Waals surface area contributed by atoms with Gasteiger partial charge >= 0.3 is 5.97 Å².